The van der Waals surface area contributed by atoms with Crippen molar-refractivity contribution < 1.29 is 0 Å². The van der Waals surface area contributed by atoms with Crippen LogP contribution in [0, 0.1) is 18.3 Å². The second kappa shape index (κ2) is 5.29. The van der Waals surface area contributed by atoms with Crippen molar-refractivity contribution in [1.29, 1.82) is 0 Å². The summed E-state index contributed by atoms with van der Waals surface area (Å²) in [5.74, 6) is 3.68. The normalized spacial score (nSPS) is 29.9. The summed E-state index contributed by atoms with van der Waals surface area (Å²) in [6, 6.07) is 0.975. The van der Waals surface area contributed by atoms with Gasteiger partial charge in [0.2, 0.25) is 0 Å². The van der Waals surface area contributed by atoms with Crippen LogP contribution in [-0.4, -0.2) is 12.1 Å². The summed E-state index contributed by atoms with van der Waals surface area (Å²) in [6.45, 7) is 4.43. The summed E-state index contributed by atoms with van der Waals surface area (Å²) >= 11 is 0. The summed E-state index contributed by atoms with van der Waals surface area (Å²) in [4.78, 5) is 0. The van der Waals surface area contributed by atoms with E-state index in [1.54, 1.807) is 0 Å². The smallest absolute Gasteiger partial charge is 0.0686 e. The molecule has 1 aliphatic carbocycles. The average Bonchev–Trinajstić information content (AvgIpc) is 2.61. The van der Waals surface area contributed by atoms with Crippen LogP contribution in [0.4, 0.5) is 0 Å². The monoisotopic (exact) mass is 179 g/mol. The Labute approximate surface area is 82.3 Å². The van der Waals surface area contributed by atoms with Gasteiger partial charge in [-0.1, -0.05) is 32.6 Å². The Morgan fingerprint density at radius 3 is 2.77 bits per heavy atom. The van der Waals surface area contributed by atoms with E-state index in [1.807, 2.05) is 0 Å². The molecule has 1 aliphatic rings. The van der Waals surface area contributed by atoms with Gasteiger partial charge in [0.1, 0.15) is 0 Å². The highest BCUT2D eigenvalue weighted by molar-refractivity contribution is 5.00. The molecule has 3 atom stereocenters. The van der Waals surface area contributed by atoms with E-state index in [-0.39, 0.29) is 6.04 Å². The molecule has 0 aromatic heterocycles. The van der Waals surface area contributed by atoms with E-state index in [2.05, 4.69) is 25.1 Å². The molecule has 0 bridgehead atoms. The molecule has 0 spiro atoms. The van der Waals surface area contributed by atoms with Crippen LogP contribution in [0.15, 0.2) is 0 Å². The lowest BCUT2D eigenvalue weighted by molar-refractivity contribution is 0.370. The highest BCUT2D eigenvalue weighted by Crippen LogP contribution is 2.28. The maximum absolute atomic E-state index is 5.44. The van der Waals surface area contributed by atoms with Gasteiger partial charge in [-0.2, -0.15) is 0 Å². The van der Waals surface area contributed by atoms with Crippen LogP contribution in [0.25, 0.3) is 0 Å². The van der Waals surface area contributed by atoms with Gasteiger partial charge in [0.05, 0.1) is 6.04 Å². The first-order valence-electron chi connectivity index (χ1n) is 5.54. The standard InChI is InChI=1S/C12H21N/c1-4-10-8-7-9-12(10)13-11(5-2)6-3/h2,10-13H,4,6-9H2,1,3H3. The summed E-state index contributed by atoms with van der Waals surface area (Å²) < 4.78 is 0. The molecule has 1 heteroatoms. The van der Waals surface area contributed by atoms with Crippen LogP contribution in [0.2, 0.25) is 0 Å². The first kappa shape index (κ1) is 10.6. The minimum absolute atomic E-state index is 0.289. The topological polar surface area (TPSA) is 12.0 Å². The van der Waals surface area contributed by atoms with E-state index in [4.69, 9.17) is 6.42 Å². The third-order valence-corrected chi connectivity index (χ3v) is 3.21. The van der Waals surface area contributed by atoms with Crippen molar-refractivity contribution in [1.82, 2.24) is 5.32 Å². The second-order valence-electron chi connectivity index (χ2n) is 4.00. The Kier molecular flexibility index (Phi) is 4.32. The summed E-state index contributed by atoms with van der Waals surface area (Å²) in [5, 5.41) is 3.58. The Hall–Kier alpha value is -0.480. The van der Waals surface area contributed by atoms with Gasteiger partial charge in [0, 0.05) is 6.04 Å². The van der Waals surface area contributed by atoms with Crippen LogP contribution in [0.1, 0.15) is 46.0 Å². The number of hydrogen-bond acceptors (Lipinski definition) is 1. The number of hydrogen-bond donors (Lipinski definition) is 1. The van der Waals surface area contributed by atoms with Crippen molar-refractivity contribution in [3.05, 3.63) is 0 Å². The van der Waals surface area contributed by atoms with Crippen LogP contribution in [0.5, 0.6) is 0 Å². The Morgan fingerprint density at radius 1 is 1.46 bits per heavy atom. The zero-order valence-corrected chi connectivity index (χ0v) is 8.84. The molecule has 74 valence electrons. The molecule has 1 nitrogen and oxygen atoms in total. The molecule has 0 radical (unpaired) electrons. The van der Waals surface area contributed by atoms with Gasteiger partial charge in [0.15, 0.2) is 0 Å². The van der Waals surface area contributed by atoms with E-state index in [1.165, 1.54) is 25.7 Å². The molecular formula is C12H21N. The molecule has 0 heterocycles. The Morgan fingerprint density at radius 2 is 2.23 bits per heavy atom. The van der Waals surface area contributed by atoms with E-state index < -0.39 is 0 Å². The lowest BCUT2D eigenvalue weighted by atomic mass is 9.99. The van der Waals surface area contributed by atoms with E-state index in [0.717, 1.165) is 12.3 Å². The largest absolute Gasteiger partial charge is 0.301 e. The Balaban J connectivity index is 2.39. The van der Waals surface area contributed by atoms with Crippen molar-refractivity contribution in [2.45, 2.75) is 58.0 Å². The lowest BCUT2D eigenvalue weighted by Gasteiger charge is -2.22. The van der Waals surface area contributed by atoms with Crippen molar-refractivity contribution in [3.63, 3.8) is 0 Å². The molecular weight excluding hydrogens is 158 g/mol. The SMILES string of the molecule is C#CC(CC)NC1CCCC1CC. The van der Waals surface area contributed by atoms with E-state index in [0.29, 0.717) is 6.04 Å². The fraction of sp³-hybridized carbons (Fsp3) is 0.833. The van der Waals surface area contributed by atoms with E-state index in [9.17, 15) is 0 Å². The molecule has 0 aromatic rings. The van der Waals surface area contributed by atoms with Crippen molar-refractivity contribution in [2.75, 3.05) is 0 Å². The van der Waals surface area contributed by atoms with Gasteiger partial charge in [-0.15, -0.1) is 6.42 Å². The van der Waals surface area contributed by atoms with Crippen LogP contribution >= 0.6 is 0 Å². The minimum Gasteiger partial charge on any atom is -0.301 e. The van der Waals surface area contributed by atoms with Crippen molar-refractivity contribution in [3.8, 4) is 12.3 Å². The lowest BCUT2D eigenvalue weighted by Crippen LogP contribution is -2.39. The fourth-order valence-corrected chi connectivity index (χ4v) is 2.29. The summed E-state index contributed by atoms with van der Waals surface area (Å²) in [5.41, 5.74) is 0. The van der Waals surface area contributed by atoms with E-state index >= 15 is 0 Å². The molecule has 1 N–H and O–H groups in total. The first-order valence-corrected chi connectivity index (χ1v) is 5.54. The number of nitrogens with one attached hydrogen (secondary N) is 1. The predicted octanol–water partition coefficient (Wildman–Crippen LogP) is 2.57. The molecule has 0 saturated heterocycles. The molecule has 1 saturated carbocycles. The van der Waals surface area contributed by atoms with Gasteiger partial charge in [-0.3, -0.25) is 0 Å². The molecule has 0 aliphatic heterocycles. The first-order chi connectivity index (χ1) is 6.31. The molecule has 13 heavy (non-hydrogen) atoms. The van der Waals surface area contributed by atoms with Gasteiger partial charge in [-0.05, 0) is 25.2 Å². The molecule has 3 unspecified atom stereocenters. The van der Waals surface area contributed by atoms with Gasteiger partial charge < -0.3 is 5.32 Å². The van der Waals surface area contributed by atoms with Crippen LogP contribution < -0.4 is 5.32 Å². The molecule has 1 fully saturated rings. The minimum atomic E-state index is 0.289. The zero-order valence-electron chi connectivity index (χ0n) is 8.84. The van der Waals surface area contributed by atoms with Gasteiger partial charge in [-0.25, -0.2) is 0 Å². The number of rotatable bonds is 4. The van der Waals surface area contributed by atoms with Crippen molar-refractivity contribution >= 4 is 0 Å². The maximum Gasteiger partial charge on any atom is 0.0686 e. The second-order valence-corrected chi connectivity index (χ2v) is 4.00. The fourth-order valence-electron chi connectivity index (χ4n) is 2.29. The summed E-state index contributed by atoms with van der Waals surface area (Å²) in [6.07, 6.45) is 11.8. The summed E-state index contributed by atoms with van der Waals surface area (Å²) in [7, 11) is 0. The Bertz CT molecular complexity index is 180. The van der Waals surface area contributed by atoms with Crippen LogP contribution in [-0.2, 0) is 0 Å². The average molecular weight is 179 g/mol. The van der Waals surface area contributed by atoms with Gasteiger partial charge >= 0.3 is 0 Å². The molecule has 0 amide bonds. The molecule has 0 aromatic carbocycles. The quantitative estimate of drug-likeness (QED) is 0.654. The highest BCUT2D eigenvalue weighted by atomic mass is 15.0. The highest BCUT2D eigenvalue weighted by Gasteiger charge is 2.26. The third kappa shape index (κ3) is 2.74. The number of terminal acetylenes is 1. The third-order valence-electron chi connectivity index (χ3n) is 3.21. The van der Waals surface area contributed by atoms with Crippen LogP contribution in [0.3, 0.4) is 0 Å². The van der Waals surface area contributed by atoms with Gasteiger partial charge in [0.25, 0.3) is 0 Å². The zero-order chi connectivity index (χ0) is 9.68. The maximum atomic E-state index is 5.44. The molecule has 1 rings (SSSR count). The van der Waals surface area contributed by atoms with Crippen molar-refractivity contribution in [2.24, 2.45) is 5.92 Å². The predicted molar refractivity (Wildman–Crippen MR) is 57.5 cm³/mol.